The fourth-order valence-electron chi connectivity index (χ4n) is 2.76. The summed E-state index contributed by atoms with van der Waals surface area (Å²) in [6.07, 6.45) is 4.59. The van der Waals surface area contributed by atoms with Crippen molar-refractivity contribution < 1.29 is 4.74 Å². The minimum absolute atomic E-state index is 0.357. The third kappa shape index (κ3) is 2.67. The molecule has 0 bridgehead atoms. The zero-order valence-electron chi connectivity index (χ0n) is 10.9. The number of aryl methyl sites for hydroxylation is 1. The largest absolute Gasteiger partial charge is 0.378 e. The molecule has 1 aliphatic rings. The van der Waals surface area contributed by atoms with Gasteiger partial charge in [0.05, 0.1) is 6.10 Å². The van der Waals surface area contributed by atoms with Crippen molar-refractivity contribution in [1.29, 1.82) is 0 Å². The molecule has 3 unspecified atom stereocenters. The third-order valence-corrected chi connectivity index (χ3v) is 3.70. The number of pyridine rings is 1. The number of nitrogens with zero attached hydrogens (tertiary/aromatic N) is 1. The molecule has 0 saturated carbocycles. The molecule has 3 atom stereocenters. The van der Waals surface area contributed by atoms with E-state index in [0.29, 0.717) is 18.1 Å². The highest BCUT2D eigenvalue weighted by Crippen LogP contribution is 2.34. The quantitative estimate of drug-likeness (QED) is 0.869. The van der Waals surface area contributed by atoms with Crippen molar-refractivity contribution in [2.24, 2.45) is 5.92 Å². The Morgan fingerprint density at radius 1 is 1.53 bits per heavy atom. The van der Waals surface area contributed by atoms with Crippen molar-refractivity contribution in [1.82, 2.24) is 10.3 Å². The van der Waals surface area contributed by atoms with E-state index in [2.05, 4.69) is 29.4 Å². The Morgan fingerprint density at radius 2 is 2.35 bits per heavy atom. The molecule has 0 aromatic carbocycles. The van der Waals surface area contributed by atoms with Crippen molar-refractivity contribution in [2.75, 3.05) is 13.7 Å². The lowest BCUT2D eigenvalue weighted by atomic mass is 9.87. The molecular weight excluding hydrogens is 212 g/mol. The summed E-state index contributed by atoms with van der Waals surface area (Å²) in [4.78, 5) is 4.39. The number of hydrogen-bond acceptors (Lipinski definition) is 3. The van der Waals surface area contributed by atoms with Crippen molar-refractivity contribution in [3.05, 3.63) is 29.6 Å². The van der Waals surface area contributed by atoms with Crippen LogP contribution >= 0.6 is 0 Å². The van der Waals surface area contributed by atoms with Crippen LogP contribution < -0.4 is 5.32 Å². The molecule has 0 radical (unpaired) electrons. The maximum atomic E-state index is 5.78. The Labute approximate surface area is 104 Å². The fourth-order valence-corrected chi connectivity index (χ4v) is 2.76. The van der Waals surface area contributed by atoms with Gasteiger partial charge in [-0.05, 0) is 38.4 Å². The molecule has 3 heteroatoms. The highest BCUT2D eigenvalue weighted by atomic mass is 16.5. The van der Waals surface area contributed by atoms with Crippen LogP contribution in [0.4, 0.5) is 0 Å². The van der Waals surface area contributed by atoms with Gasteiger partial charge in [0.1, 0.15) is 0 Å². The Morgan fingerprint density at radius 3 is 2.94 bits per heavy atom. The van der Waals surface area contributed by atoms with Gasteiger partial charge in [-0.2, -0.15) is 0 Å². The Kier molecular flexibility index (Phi) is 4.13. The number of hydrogen-bond donors (Lipinski definition) is 1. The van der Waals surface area contributed by atoms with Gasteiger partial charge in [-0.15, -0.1) is 0 Å². The summed E-state index contributed by atoms with van der Waals surface area (Å²) < 4.78 is 5.78. The maximum absolute atomic E-state index is 5.78. The van der Waals surface area contributed by atoms with E-state index in [1.807, 2.05) is 20.2 Å². The highest BCUT2D eigenvalue weighted by Gasteiger charge is 2.33. The molecule has 17 heavy (non-hydrogen) atoms. The highest BCUT2D eigenvalue weighted by molar-refractivity contribution is 5.18. The van der Waals surface area contributed by atoms with E-state index in [1.54, 1.807) is 0 Å². The minimum atomic E-state index is 0.357. The van der Waals surface area contributed by atoms with E-state index in [1.165, 1.54) is 5.56 Å². The van der Waals surface area contributed by atoms with Gasteiger partial charge in [-0.25, -0.2) is 0 Å². The van der Waals surface area contributed by atoms with Gasteiger partial charge >= 0.3 is 0 Å². The summed E-state index contributed by atoms with van der Waals surface area (Å²) in [5.74, 6) is 0.564. The predicted molar refractivity (Wildman–Crippen MR) is 68.9 cm³/mol. The molecule has 1 aromatic heterocycles. The topological polar surface area (TPSA) is 34.1 Å². The standard InChI is InChI=1S/C14H22N2O/c1-4-13-12(7-8-17-13)14(15-3)11-6-5-10(2)16-9-11/h5-6,9,12-15H,4,7-8H2,1-3H3. The summed E-state index contributed by atoms with van der Waals surface area (Å²) in [5.41, 5.74) is 2.34. The molecule has 0 aliphatic carbocycles. The average molecular weight is 234 g/mol. The van der Waals surface area contributed by atoms with Gasteiger partial charge < -0.3 is 10.1 Å². The first kappa shape index (κ1) is 12.5. The number of ether oxygens (including phenoxy) is 1. The number of rotatable bonds is 4. The molecule has 1 aliphatic heterocycles. The second-order valence-electron chi connectivity index (χ2n) is 4.77. The van der Waals surface area contributed by atoms with Gasteiger partial charge in [-0.1, -0.05) is 13.0 Å². The number of nitrogens with one attached hydrogen (secondary N) is 1. The van der Waals surface area contributed by atoms with Crippen LogP contribution in [0.5, 0.6) is 0 Å². The SMILES string of the molecule is CCC1OCCC1C(NC)c1ccc(C)nc1. The Hall–Kier alpha value is -0.930. The van der Waals surface area contributed by atoms with E-state index < -0.39 is 0 Å². The Bertz CT molecular complexity index is 350. The summed E-state index contributed by atoms with van der Waals surface area (Å²) in [7, 11) is 2.02. The van der Waals surface area contributed by atoms with Crippen molar-refractivity contribution in [2.45, 2.75) is 38.8 Å². The lowest BCUT2D eigenvalue weighted by molar-refractivity contribution is 0.0782. The molecule has 1 saturated heterocycles. The van der Waals surface area contributed by atoms with Crippen LogP contribution in [0.25, 0.3) is 0 Å². The Balaban J connectivity index is 2.18. The van der Waals surface area contributed by atoms with E-state index in [-0.39, 0.29) is 0 Å². The first-order valence-corrected chi connectivity index (χ1v) is 6.47. The van der Waals surface area contributed by atoms with E-state index in [9.17, 15) is 0 Å². The first-order chi connectivity index (χ1) is 8.26. The maximum Gasteiger partial charge on any atom is 0.0619 e. The van der Waals surface area contributed by atoms with Crippen LogP contribution in [0.15, 0.2) is 18.3 Å². The second kappa shape index (κ2) is 5.61. The lowest BCUT2D eigenvalue weighted by Crippen LogP contribution is -2.30. The zero-order chi connectivity index (χ0) is 12.3. The molecular formula is C14H22N2O. The van der Waals surface area contributed by atoms with Crippen molar-refractivity contribution in [3.63, 3.8) is 0 Å². The van der Waals surface area contributed by atoms with Crippen LogP contribution in [-0.2, 0) is 4.74 Å². The molecule has 1 N–H and O–H groups in total. The van der Waals surface area contributed by atoms with E-state index in [4.69, 9.17) is 4.74 Å². The molecule has 2 rings (SSSR count). The van der Waals surface area contributed by atoms with E-state index >= 15 is 0 Å². The summed E-state index contributed by atoms with van der Waals surface area (Å²) in [5, 5.41) is 3.42. The summed E-state index contributed by atoms with van der Waals surface area (Å²) >= 11 is 0. The van der Waals surface area contributed by atoms with Gasteiger partial charge in [0.2, 0.25) is 0 Å². The molecule has 0 amide bonds. The molecule has 1 aromatic rings. The minimum Gasteiger partial charge on any atom is -0.378 e. The lowest BCUT2D eigenvalue weighted by Gasteiger charge is -2.27. The first-order valence-electron chi connectivity index (χ1n) is 6.47. The summed E-state index contributed by atoms with van der Waals surface area (Å²) in [6, 6.07) is 4.61. The molecule has 0 spiro atoms. The molecule has 2 heterocycles. The van der Waals surface area contributed by atoms with Crippen LogP contribution in [-0.4, -0.2) is 24.7 Å². The average Bonchev–Trinajstić information content (AvgIpc) is 2.81. The van der Waals surface area contributed by atoms with Crippen LogP contribution in [0.3, 0.4) is 0 Å². The van der Waals surface area contributed by atoms with Gasteiger partial charge in [-0.3, -0.25) is 4.98 Å². The zero-order valence-corrected chi connectivity index (χ0v) is 10.9. The molecule has 1 fully saturated rings. The normalized spacial score (nSPS) is 26.1. The smallest absolute Gasteiger partial charge is 0.0619 e. The third-order valence-electron chi connectivity index (χ3n) is 3.70. The van der Waals surface area contributed by atoms with Gasteiger partial charge in [0.15, 0.2) is 0 Å². The van der Waals surface area contributed by atoms with Gasteiger partial charge in [0.25, 0.3) is 0 Å². The number of aromatic nitrogens is 1. The van der Waals surface area contributed by atoms with Crippen LogP contribution in [0.1, 0.15) is 37.1 Å². The van der Waals surface area contributed by atoms with Crippen LogP contribution in [0, 0.1) is 12.8 Å². The summed E-state index contributed by atoms with van der Waals surface area (Å²) in [6.45, 7) is 5.11. The van der Waals surface area contributed by atoms with Crippen LogP contribution in [0.2, 0.25) is 0 Å². The monoisotopic (exact) mass is 234 g/mol. The van der Waals surface area contributed by atoms with E-state index in [0.717, 1.165) is 25.1 Å². The van der Waals surface area contributed by atoms with Gasteiger partial charge in [0, 0.05) is 30.5 Å². The van der Waals surface area contributed by atoms with Crippen molar-refractivity contribution in [3.8, 4) is 0 Å². The predicted octanol–water partition coefficient (Wildman–Crippen LogP) is 2.47. The molecule has 3 nitrogen and oxygen atoms in total. The molecule has 94 valence electrons. The van der Waals surface area contributed by atoms with Crippen molar-refractivity contribution >= 4 is 0 Å². The second-order valence-corrected chi connectivity index (χ2v) is 4.77. The fraction of sp³-hybridized carbons (Fsp3) is 0.643.